The molecule has 2 rings (SSSR count). The molecule has 0 radical (unpaired) electrons. The average Bonchev–Trinajstić information content (AvgIpc) is 2.85. The third kappa shape index (κ3) is 2.51. The zero-order chi connectivity index (χ0) is 11.6. The highest BCUT2D eigenvalue weighted by molar-refractivity contribution is 7.09. The molecule has 3 nitrogen and oxygen atoms in total. The average molecular weight is 235 g/mol. The van der Waals surface area contributed by atoms with E-state index in [1.165, 1.54) is 5.56 Å². The second-order valence-electron chi connectivity index (χ2n) is 4.49. The smallest absolute Gasteiger partial charge is 0.112 e. The van der Waals surface area contributed by atoms with Crippen LogP contribution in [0.3, 0.4) is 0 Å². The molecule has 0 aromatic carbocycles. The summed E-state index contributed by atoms with van der Waals surface area (Å²) in [5.74, 6) is 0. The summed E-state index contributed by atoms with van der Waals surface area (Å²) >= 11 is 1.71. The maximum absolute atomic E-state index is 4.53. The van der Waals surface area contributed by atoms with Crippen LogP contribution in [-0.2, 0) is 12.1 Å². The lowest BCUT2D eigenvalue weighted by Gasteiger charge is -2.23. The van der Waals surface area contributed by atoms with Crippen molar-refractivity contribution in [1.29, 1.82) is 0 Å². The van der Waals surface area contributed by atoms with Gasteiger partial charge in [0.25, 0.3) is 0 Å². The van der Waals surface area contributed by atoms with Gasteiger partial charge < -0.3 is 10.3 Å². The van der Waals surface area contributed by atoms with Crippen molar-refractivity contribution in [3.05, 3.63) is 40.1 Å². The number of aryl methyl sites for hydroxylation is 1. The molecule has 0 saturated heterocycles. The Labute approximate surface area is 99.9 Å². The summed E-state index contributed by atoms with van der Waals surface area (Å²) in [6.45, 7) is 7.22. The molecule has 0 unspecified atom stereocenters. The van der Waals surface area contributed by atoms with Crippen molar-refractivity contribution in [2.75, 3.05) is 0 Å². The van der Waals surface area contributed by atoms with E-state index in [-0.39, 0.29) is 5.54 Å². The van der Waals surface area contributed by atoms with Gasteiger partial charge in [-0.15, -0.1) is 11.3 Å². The van der Waals surface area contributed by atoms with Crippen molar-refractivity contribution in [2.45, 2.75) is 32.9 Å². The monoisotopic (exact) mass is 235 g/mol. The fraction of sp³-hybridized carbons (Fsp3) is 0.417. The van der Waals surface area contributed by atoms with Crippen molar-refractivity contribution in [3.63, 3.8) is 0 Å². The summed E-state index contributed by atoms with van der Waals surface area (Å²) < 4.78 is 0. The Kier molecular flexibility index (Phi) is 3.12. The van der Waals surface area contributed by atoms with E-state index < -0.39 is 0 Å². The van der Waals surface area contributed by atoms with Crippen LogP contribution in [0.2, 0.25) is 0 Å². The molecule has 0 aliphatic carbocycles. The lowest BCUT2D eigenvalue weighted by molar-refractivity contribution is 0.399. The number of rotatable bonds is 4. The van der Waals surface area contributed by atoms with Gasteiger partial charge in [-0.3, -0.25) is 0 Å². The first-order valence-corrected chi connectivity index (χ1v) is 6.25. The Balaban J connectivity index is 2.02. The summed E-state index contributed by atoms with van der Waals surface area (Å²) in [6, 6.07) is 2.08. The van der Waals surface area contributed by atoms with Gasteiger partial charge in [-0.1, -0.05) is 0 Å². The number of aromatic amines is 1. The quantitative estimate of drug-likeness (QED) is 0.855. The molecule has 4 heteroatoms. The first kappa shape index (κ1) is 11.4. The number of nitrogens with zero attached hydrogens (tertiary/aromatic N) is 1. The summed E-state index contributed by atoms with van der Waals surface area (Å²) in [6.07, 6.45) is 3.95. The topological polar surface area (TPSA) is 40.7 Å². The molecule has 2 aromatic heterocycles. The van der Waals surface area contributed by atoms with Gasteiger partial charge in [0.2, 0.25) is 0 Å². The van der Waals surface area contributed by atoms with E-state index in [1.807, 2.05) is 19.3 Å². The third-order valence-corrected chi connectivity index (χ3v) is 3.83. The van der Waals surface area contributed by atoms with Crippen LogP contribution in [0.25, 0.3) is 0 Å². The van der Waals surface area contributed by atoms with E-state index in [0.717, 1.165) is 17.2 Å². The number of nitrogens with one attached hydrogen (secondary N) is 2. The summed E-state index contributed by atoms with van der Waals surface area (Å²) in [5.41, 5.74) is 2.29. The van der Waals surface area contributed by atoms with Crippen molar-refractivity contribution in [3.8, 4) is 0 Å². The fourth-order valence-corrected chi connectivity index (χ4v) is 2.41. The van der Waals surface area contributed by atoms with Gasteiger partial charge >= 0.3 is 0 Å². The summed E-state index contributed by atoms with van der Waals surface area (Å²) in [5, 5.41) is 6.75. The Morgan fingerprint density at radius 2 is 2.31 bits per heavy atom. The number of hydrogen-bond donors (Lipinski definition) is 2. The van der Waals surface area contributed by atoms with Crippen molar-refractivity contribution >= 4 is 11.3 Å². The van der Waals surface area contributed by atoms with Crippen molar-refractivity contribution < 1.29 is 0 Å². The van der Waals surface area contributed by atoms with E-state index in [4.69, 9.17) is 0 Å². The zero-order valence-corrected chi connectivity index (χ0v) is 10.7. The predicted octanol–water partition coefficient (Wildman–Crippen LogP) is 2.80. The summed E-state index contributed by atoms with van der Waals surface area (Å²) in [7, 11) is 0. The van der Waals surface area contributed by atoms with Gasteiger partial charge in [-0.05, 0) is 32.4 Å². The van der Waals surface area contributed by atoms with Crippen LogP contribution in [0.1, 0.15) is 30.1 Å². The molecule has 2 N–H and O–H groups in total. The molecule has 0 aliphatic rings. The molecule has 0 fully saturated rings. The minimum Gasteiger partial charge on any atom is -0.367 e. The molecule has 0 spiro atoms. The van der Waals surface area contributed by atoms with Gasteiger partial charge in [0.1, 0.15) is 5.01 Å². The molecule has 0 atom stereocenters. The van der Waals surface area contributed by atoms with Crippen LogP contribution >= 0.6 is 11.3 Å². The molecule has 2 heterocycles. The Bertz CT molecular complexity index is 443. The van der Waals surface area contributed by atoms with Gasteiger partial charge in [0, 0.05) is 30.0 Å². The minimum absolute atomic E-state index is 0.0732. The fourth-order valence-electron chi connectivity index (χ4n) is 1.51. The molecule has 0 saturated carbocycles. The minimum atomic E-state index is -0.0732. The van der Waals surface area contributed by atoms with Crippen LogP contribution < -0.4 is 5.32 Å². The van der Waals surface area contributed by atoms with E-state index in [0.29, 0.717) is 0 Å². The predicted molar refractivity (Wildman–Crippen MR) is 67.5 cm³/mol. The van der Waals surface area contributed by atoms with Crippen LogP contribution in [0.4, 0.5) is 0 Å². The first-order valence-electron chi connectivity index (χ1n) is 5.37. The van der Waals surface area contributed by atoms with Gasteiger partial charge in [0.15, 0.2) is 0 Å². The standard InChI is InChI=1S/C12H17N3S/c1-9-8-16-11(15-9)12(2,3)14-7-10-4-5-13-6-10/h4-6,8,13-14H,7H2,1-3H3. The Morgan fingerprint density at radius 3 is 2.88 bits per heavy atom. The molecule has 0 bridgehead atoms. The highest BCUT2D eigenvalue weighted by atomic mass is 32.1. The lowest BCUT2D eigenvalue weighted by Crippen LogP contribution is -2.35. The Morgan fingerprint density at radius 1 is 1.50 bits per heavy atom. The molecule has 0 aliphatic heterocycles. The normalized spacial score (nSPS) is 11.9. The van der Waals surface area contributed by atoms with Gasteiger partial charge in [0.05, 0.1) is 5.54 Å². The van der Waals surface area contributed by atoms with Crippen LogP contribution in [-0.4, -0.2) is 9.97 Å². The Hall–Kier alpha value is -1.13. The van der Waals surface area contributed by atoms with Crippen LogP contribution in [0, 0.1) is 6.92 Å². The second kappa shape index (κ2) is 4.39. The highest BCUT2D eigenvalue weighted by Gasteiger charge is 2.22. The summed E-state index contributed by atoms with van der Waals surface area (Å²) in [4.78, 5) is 7.59. The van der Waals surface area contributed by atoms with E-state index >= 15 is 0 Å². The van der Waals surface area contributed by atoms with E-state index in [9.17, 15) is 0 Å². The molecule has 86 valence electrons. The van der Waals surface area contributed by atoms with E-state index in [1.54, 1.807) is 11.3 Å². The number of thiazole rings is 1. The van der Waals surface area contributed by atoms with Gasteiger partial charge in [-0.25, -0.2) is 4.98 Å². The van der Waals surface area contributed by atoms with Crippen LogP contribution in [0.15, 0.2) is 23.8 Å². The molecule has 2 aromatic rings. The molecular formula is C12H17N3S. The maximum Gasteiger partial charge on any atom is 0.112 e. The number of H-pyrrole nitrogens is 1. The van der Waals surface area contributed by atoms with Gasteiger partial charge in [-0.2, -0.15) is 0 Å². The lowest BCUT2D eigenvalue weighted by atomic mass is 10.1. The first-order chi connectivity index (χ1) is 7.58. The van der Waals surface area contributed by atoms with Crippen molar-refractivity contribution in [2.24, 2.45) is 0 Å². The second-order valence-corrected chi connectivity index (χ2v) is 5.35. The van der Waals surface area contributed by atoms with Crippen molar-refractivity contribution in [1.82, 2.24) is 15.3 Å². The zero-order valence-electron chi connectivity index (χ0n) is 9.87. The highest BCUT2D eigenvalue weighted by Crippen LogP contribution is 2.24. The maximum atomic E-state index is 4.53. The molecule has 16 heavy (non-hydrogen) atoms. The van der Waals surface area contributed by atoms with E-state index in [2.05, 4.69) is 40.6 Å². The van der Waals surface area contributed by atoms with Crippen LogP contribution in [0.5, 0.6) is 0 Å². The molecular weight excluding hydrogens is 218 g/mol. The number of aromatic nitrogens is 2. The SMILES string of the molecule is Cc1csc(C(C)(C)NCc2cc[nH]c2)n1. The number of hydrogen-bond acceptors (Lipinski definition) is 3. The molecule has 0 amide bonds. The third-order valence-electron chi connectivity index (χ3n) is 2.55. The largest absolute Gasteiger partial charge is 0.367 e.